The first-order valence-electron chi connectivity index (χ1n) is 8.24. The number of aromatic nitrogens is 3. The smallest absolute Gasteiger partial charge is 0.276 e. The van der Waals surface area contributed by atoms with Crippen LogP contribution in [-0.4, -0.2) is 45.3 Å². The number of likely N-dealkylation sites (N-methyl/N-ethyl adjacent to an activating group) is 1. The van der Waals surface area contributed by atoms with Gasteiger partial charge >= 0.3 is 0 Å². The Morgan fingerprint density at radius 1 is 1.15 bits per heavy atom. The quantitative estimate of drug-likeness (QED) is 0.734. The second-order valence-electron chi connectivity index (χ2n) is 5.99. The van der Waals surface area contributed by atoms with Gasteiger partial charge in [0.1, 0.15) is 0 Å². The summed E-state index contributed by atoms with van der Waals surface area (Å²) in [6.45, 7) is 1.64. The van der Waals surface area contributed by atoms with Crippen molar-refractivity contribution < 1.29 is 9.59 Å². The SMILES string of the molecule is Cc1c(C(=O)N(C)CC(=O)Nc2ccccc2)nnn1-c1cccc(Cl)c1. The summed E-state index contributed by atoms with van der Waals surface area (Å²) in [7, 11) is 1.55. The van der Waals surface area contributed by atoms with Gasteiger partial charge in [-0.1, -0.05) is 41.1 Å². The maximum absolute atomic E-state index is 12.7. The van der Waals surface area contributed by atoms with Gasteiger partial charge in [0, 0.05) is 17.8 Å². The van der Waals surface area contributed by atoms with Crippen LogP contribution >= 0.6 is 11.6 Å². The second-order valence-corrected chi connectivity index (χ2v) is 6.43. The number of benzene rings is 2. The molecule has 0 spiro atoms. The highest BCUT2D eigenvalue weighted by Gasteiger charge is 2.22. The van der Waals surface area contributed by atoms with Gasteiger partial charge in [0.25, 0.3) is 5.91 Å². The molecule has 3 aromatic rings. The van der Waals surface area contributed by atoms with Gasteiger partial charge < -0.3 is 10.2 Å². The molecule has 2 amide bonds. The first kappa shape index (κ1) is 18.6. The Bertz CT molecular complexity index is 971. The molecule has 1 heterocycles. The van der Waals surface area contributed by atoms with Gasteiger partial charge in [0.15, 0.2) is 5.69 Å². The van der Waals surface area contributed by atoms with Gasteiger partial charge in [0.05, 0.1) is 17.9 Å². The summed E-state index contributed by atoms with van der Waals surface area (Å²) in [6.07, 6.45) is 0. The number of nitrogens with zero attached hydrogens (tertiary/aromatic N) is 4. The van der Waals surface area contributed by atoms with Crippen molar-refractivity contribution in [1.29, 1.82) is 0 Å². The van der Waals surface area contributed by atoms with Crippen molar-refractivity contribution in [2.75, 3.05) is 18.9 Å². The summed E-state index contributed by atoms with van der Waals surface area (Å²) >= 11 is 6.01. The number of carbonyl (C=O) groups is 2. The fourth-order valence-corrected chi connectivity index (χ4v) is 2.75. The summed E-state index contributed by atoms with van der Waals surface area (Å²) in [4.78, 5) is 26.1. The van der Waals surface area contributed by atoms with Gasteiger partial charge in [-0.3, -0.25) is 9.59 Å². The van der Waals surface area contributed by atoms with E-state index in [0.717, 1.165) is 0 Å². The minimum Gasteiger partial charge on any atom is -0.331 e. The van der Waals surface area contributed by atoms with E-state index in [9.17, 15) is 9.59 Å². The van der Waals surface area contributed by atoms with Gasteiger partial charge in [-0.2, -0.15) is 0 Å². The van der Waals surface area contributed by atoms with Crippen LogP contribution in [0.5, 0.6) is 0 Å². The Kier molecular flexibility index (Phi) is 5.52. The molecule has 0 atom stereocenters. The highest BCUT2D eigenvalue weighted by molar-refractivity contribution is 6.30. The Morgan fingerprint density at radius 2 is 1.89 bits per heavy atom. The molecule has 0 aliphatic heterocycles. The summed E-state index contributed by atoms with van der Waals surface area (Å²) in [5.41, 5.74) is 2.13. The van der Waals surface area contributed by atoms with Crippen LogP contribution in [0.25, 0.3) is 5.69 Å². The number of amides is 2. The lowest BCUT2D eigenvalue weighted by Gasteiger charge is -2.16. The molecule has 7 nitrogen and oxygen atoms in total. The molecule has 2 aromatic carbocycles. The van der Waals surface area contributed by atoms with E-state index >= 15 is 0 Å². The monoisotopic (exact) mass is 383 g/mol. The van der Waals surface area contributed by atoms with Crippen molar-refractivity contribution in [2.45, 2.75) is 6.92 Å². The van der Waals surface area contributed by atoms with E-state index in [1.807, 2.05) is 24.3 Å². The standard InChI is InChI=1S/C19H18ClN5O2/c1-13-18(22-23-25(13)16-10-6-7-14(20)11-16)19(27)24(2)12-17(26)21-15-8-4-3-5-9-15/h3-11H,12H2,1-2H3,(H,21,26). The third-order valence-electron chi connectivity index (χ3n) is 3.93. The molecule has 0 saturated carbocycles. The topological polar surface area (TPSA) is 80.1 Å². The molecule has 0 fully saturated rings. The summed E-state index contributed by atoms with van der Waals surface area (Å²) in [5.74, 6) is -0.680. The van der Waals surface area contributed by atoms with Crippen molar-refractivity contribution in [1.82, 2.24) is 19.9 Å². The zero-order valence-corrected chi connectivity index (χ0v) is 15.6. The van der Waals surface area contributed by atoms with E-state index in [2.05, 4.69) is 15.6 Å². The number of carbonyl (C=O) groups excluding carboxylic acids is 2. The number of rotatable bonds is 5. The fraction of sp³-hybridized carbons (Fsp3) is 0.158. The van der Waals surface area contributed by atoms with E-state index in [-0.39, 0.29) is 24.1 Å². The van der Waals surface area contributed by atoms with E-state index in [1.54, 1.807) is 44.3 Å². The van der Waals surface area contributed by atoms with Crippen LogP contribution in [0.4, 0.5) is 5.69 Å². The second kappa shape index (κ2) is 8.01. The number of hydrogen-bond acceptors (Lipinski definition) is 4. The average molecular weight is 384 g/mol. The number of anilines is 1. The van der Waals surface area contributed by atoms with Crippen LogP contribution in [0.3, 0.4) is 0 Å². The molecule has 1 N–H and O–H groups in total. The molecule has 8 heteroatoms. The largest absolute Gasteiger partial charge is 0.331 e. The summed E-state index contributed by atoms with van der Waals surface area (Å²) in [6, 6.07) is 16.2. The van der Waals surface area contributed by atoms with E-state index < -0.39 is 0 Å². The van der Waals surface area contributed by atoms with Crippen LogP contribution in [0, 0.1) is 6.92 Å². The van der Waals surface area contributed by atoms with Crippen LogP contribution < -0.4 is 5.32 Å². The molecule has 3 rings (SSSR count). The molecule has 1 aromatic heterocycles. The fourth-order valence-electron chi connectivity index (χ4n) is 2.57. The van der Waals surface area contributed by atoms with Crippen molar-refractivity contribution in [3.63, 3.8) is 0 Å². The molecule has 0 aliphatic carbocycles. The first-order valence-corrected chi connectivity index (χ1v) is 8.62. The predicted octanol–water partition coefficient (Wildman–Crippen LogP) is 2.94. The van der Waals surface area contributed by atoms with E-state index in [4.69, 9.17) is 11.6 Å². The molecule has 0 unspecified atom stereocenters. The molecular formula is C19H18ClN5O2. The van der Waals surface area contributed by atoms with Crippen LogP contribution in [0.1, 0.15) is 16.2 Å². The summed E-state index contributed by atoms with van der Waals surface area (Å²) < 4.78 is 1.54. The Labute approximate surface area is 161 Å². The lowest BCUT2D eigenvalue weighted by Crippen LogP contribution is -2.35. The van der Waals surface area contributed by atoms with E-state index in [0.29, 0.717) is 22.1 Å². The minimum atomic E-state index is -0.385. The molecule has 138 valence electrons. The number of halogens is 1. The maximum Gasteiger partial charge on any atom is 0.276 e. The van der Waals surface area contributed by atoms with Crippen molar-refractivity contribution in [2.24, 2.45) is 0 Å². The molecule has 0 bridgehead atoms. The molecular weight excluding hydrogens is 366 g/mol. The van der Waals surface area contributed by atoms with Crippen LogP contribution in [0.15, 0.2) is 54.6 Å². The summed E-state index contributed by atoms with van der Waals surface area (Å²) in [5, 5.41) is 11.3. The molecule has 27 heavy (non-hydrogen) atoms. The van der Waals surface area contributed by atoms with Crippen molar-refractivity contribution in [3.8, 4) is 5.69 Å². The average Bonchev–Trinajstić information content (AvgIpc) is 3.03. The predicted molar refractivity (Wildman–Crippen MR) is 103 cm³/mol. The lowest BCUT2D eigenvalue weighted by molar-refractivity contribution is -0.116. The Hall–Kier alpha value is -3.19. The molecule has 0 radical (unpaired) electrons. The van der Waals surface area contributed by atoms with E-state index in [1.165, 1.54) is 9.58 Å². The lowest BCUT2D eigenvalue weighted by atomic mass is 10.2. The third-order valence-corrected chi connectivity index (χ3v) is 4.17. The Balaban J connectivity index is 1.71. The van der Waals surface area contributed by atoms with Gasteiger partial charge in [0.2, 0.25) is 5.91 Å². The van der Waals surface area contributed by atoms with Gasteiger partial charge in [-0.15, -0.1) is 5.10 Å². The zero-order valence-electron chi connectivity index (χ0n) is 14.9. The van der Waals surface area contributed by atoms with Gasteiger partial charge in [-0.25, -0.2) is 4.68 Å². The normalized spacial score (nSPS) is 10.5. The van der Waals surface area contributed by atoms with Crippen molar-refractivity contribution >= 4 is 29.1 Å². The number of nitrogens with one attached hydrogen (secondary N) is 1. The third kappa shape index (κ3) is 4.32. The van der Waals surface area contributed by atoms with Crippen molar-refractivity contribution in [3.05, 3.63) is 71.0 Å². The number of para-hydroxylation sites is 1. The Morgan fingerprint density at radius 3 is 2.59 bits per heavy atom. The zero-order chi connectivity index (χ0) is 19.4. The highest BCUT2D eigenvalue weighted by atomic mass is 35.5. The first-order chi connectivity index (χ1) is 13.0. The van der Waals surface area contributed by atoms with Crippen LogP contribution in [0.2, 0.25) is 5.02 Å². The molecule has 0 saturated heterocycles. The minimum absolute atomic E-state index is 0.100. The highest BCUT2D eigenvalue weighted by Crippen LogP contribution is 2.17. The van der Waals surface area contributed by atoms with Gasteiger partial charge in [-0.05, 0) is 37.3 Å². The molecule has 0 aliphatic rings. The maximum atomic E-state index is 12.7. The number of hydrogen-bond donors (Lipinski definition) is 1. The van der Waals surface area contributed by atoms with Crippen LogP contribution in [-0.2, 0) is 4.79 Å².